The molecule has 0 saturated carbocycles. The van der Waals surface area contributed by atoms with Gasteiger partial charge in [0.15, 0.2) is 0 Å². The number of nitrogens with zero attached hydrogens (tertiary/aromatic N) is 1. The molecule has 0 aromatic carbocycles. The van der Waals surface area contributed by atoms with Crippen LogP contribution < -0.4 is 5.32 Å². The summed E-state index contributed by atoms with van der Waals surface area (Å²) >= 11 is 0. The van der Waals surface area contributed by atoms with Gasteiger partial charge in [-0.15, -0.1) is 0 Å². The van der Waals surface area contributed by atoms with Gasteiger partial charge >= 0.3 is 0 Å². The monoisotopic (exact) mass is 198 g/mol. The Bertz CT molecular complexity index is 180. The summed E-state index contributed by atoms with van der Waals surface area (Å²) in [5.74, 6) is 0. The molecular weight excluding hydrogens is 176 g/mol. The summed E-state index contributed by atoms with van der Waals surface area (Å²) in [6.45, 7) is 8.81. The molecule has 2 saturated heterocycles. The van der Waals surface area contributed by atoms with Crippen LogP contribution in [0.3, 0.4) is 0 Å². The lowest BCUT2D eigenvalue weighted by atomic mass is 10.0. The van der Waals surface area contributed by atoms with E-state index in [9.17, 15) is 0 Å². The molecule has 1 N–H and O–H groups in total. The zero-order valence-corrected chi connectivity index (χ0v) is 9.33. The van der Waals surface area contributed by atoms with Gasteiger partial charge in [0.05, 0.1) is 6.61 Å². The molecule has 3 heteroatoms. The van der Waals surface area contributed by atoms with Gasteiger partial charge in [0, 0.05) is 37.8 Å². The van der Waals surface area contributed by atoms with E-state index in [0.717, 1.165) is 19.8 Å². The van der Waals surface area contributed by atoms with Crippen LogP contribution in [-0.4, -0.2) is 49.3 Å². The van der Waals surface area contributed by atoms with Gasteiger partial charge in [0.1, 0.15) is 0 Å². The Morgan fingerprint density at radius 1 is 1.50 bits per heavy atom. The minimum Gasteiger partial charge on any atom is -0.380 e. The van der Waals surface area contributed by atoms with Crippen LogP contribution in [-0.2, 0) is 4.74 Å². The lowest BCUT2D eigenvalue weighted by Crippen LogP contribution is -2.58. The van der Waals surface area contributed by atoms with Crippen molar-refractivity contribution in [2.75, 3.05) is 26.3 Å². The Kier molecular flexibility index (Phi) is 3.42. The Labute approximate surface area is 86.8 Å². The lowest BCUT2D eigenvalue weighted by Gasteiger charge is -2.41. The van der Waals surface area contributed by atoms with E-state index in [-0.39, 0.29) is 0 Å². The van der Waals surface area contributed by atoms with E-state index in [2.05, 4.69) is 24.1 Å². The first kappa shape index (κ1) is 10.4. The van der Waals surface area contributed by atoms with Crippen LogP contribution in [0.15, 0.2) is 0 Å². The maximum atomic E-state index is 5.47. The molecule has 82 valence electrons. The van der Waals surface area contributed by atoms with Crippen LogP contribution in [0.1, 0.15) is 26.7 Å². The fourth-order valence-corrected chi connectivity index (χ4v) is 2.52. The fraction of sp³-hybridized carbons (Fsp3) is 1.00. The standard InChI is InChI=1S/C11H22N2O/c1-3-10-7-13(9(2)6-12-10)11-4-5-14-8-11/h9-12H,3-8H2,1-2H3. The summed E-state index contributed by atoms with van der Waals surface area (Å²) < 4.78 is 5.47. The number of ether oxygens (including phenoxy) is 1. The van der Waals surface area contributed by atoms with Crippen LogP contribution in [0, 0.1) is 0 Å². The third-order valence-corrected chi connectivity index (χ3v) is 3.57. The van der Waals surface area contributed by atoms with Gasteiger partial charge in [-0.2, -0.15) is 0 Å². The molecule has 2 aliphatic rings. The Hall–Kier alpha value is -0.120. The van der Waals surface area contributed by atoms with Crippen molar-refractivity contribution in [2.24, 2.45) is 0 Å². The highest BCUT2D eigenvalue weighted by atomic mass is 16.5. The van der Waals surface area contributed by atoms with E-state index < -0.39 is 0 Å². The quantitative estimate of drug-likeness (QED) is 0.712. The third kappa shape index (κ3) is 2.10. The molecule has 3 unspecified atom stereocenters. The smallest absolute Gasteiger partial charge is 0.0622 e. The molecule has 0 radical (unpaired) electrons. The van der Waals surface area contributed by atoms with Crippen molar-refractivity contribution >= 4 is 0 Å². The van der Waals surface area contributed by atoms with Gasteiger partial charge in [0.2, 0.25) is 0 Å². The summed E-state index contributed by atoms with van der Waals surface area (Å²) in [7, 11) is 0. The Morgan fingerprint density at radius 3 is 3.00 bits per heavy atom. The SMILES string of the molecule is CCC1CN(C2CCOC2)C(C)CN1. The number of piperazine rings is 1. The van der Waals surface area contributed by atoms with E-state index in [1.807, 2.05) is 0 Å². The maximum absolute atomic E-state index is 5.47. The molecule has 2 heterocycles. The highest BCUT2D eigenvalue weighted by Gasteiger charge is 2.31. The predicted molar refractivity (Wildman–Crippen MR) is 57.5 cm³/mol. The second-order valence-electron chi connectivity index (χ2n) is 4.58. The summed E-state index contributed by atoms with van der Waals surface area (Å²) in [5.41, 5.74) is 0. The van der Waals surface area contributed by atoms with Gasteiger partial charge in [-0.1, -0.05) is 6.92 Å². The highest BCUT2D eigenvalue weighted by Crippen LogP contribution is 2.18. The van der Waals surface area contributed by atoms with Crippen LogP contribution in [0.5, 0.6) is 0 Å². The van der Waals surface area contributed by atoms with Gasteiger partial charge < -0.3 is 10.1 Å². The van der Waals surface area contributed by atoms with E-state index >= 15 is 0 Å². The molecular formula is C11H22N2O. The average Bonchev–Trinajstić information content (AvgIpc) is 2.71. The molecule has 2 fully saturated rings. The Morgan fingerprint density at radius 2 is 2.36 bits per heavy atom. The van der Waals surface area contributed by atoms with Crippen molar-refractivity contribution < 1.29 is 4.74 Å². The number of hydrogen-bond donors (Lipinski definition) is 1. The molecule has 0 aromatic heterocycles. The molecule has 0 aromatic rings. The number of rotatable bonds is 2. The third-order valence-electron chi connectivity index (χ3n) is 3.57. The van der Waals surface area contributed by atoms with Crippen LogP contribution in [0.2, 0.25) is 0 Å². The zero-order valence-electron chi connectivity index (χ0n) is 9.33. The van der Waals surface area contributed by atoms with Crippen LogP contribution in [0.4, 0.5) is 0 Å². The minimum absolute atomic E-state index is 0.671. The molecule has 0 spiro atoms. The first-order valence-electron chi connectivity index (χ1n) is 5.88. The summed E-state index contributed by atoms with van der Waals surface area (Å²) in [6.07, 6.45) is 2.46. The van der Waals surface area contributed by atoms with Crippen LogP contribution >= 0.6 is 0 Å². The highest BCUT2D eigenvalue weighted by molar-refractivity contribution is 4.88. The average molecular weight is 198 g/mol. The second kappa shape index (κ2) is 4.60. The van der Waals surface area contributed by atoms with Gasteiger partial charge in [-0.25, -0.2) is 0 Å². The minimum atomic E-state index is 0.671. The van der Waals surface area contributed by atoms with Crippen molar-refractivity contribution in [2.45, 2.75) is 44.8 Å². The molecule has 0 aliphatic carbocycles. The van der Waals surface area contributed by atoms with E-state index in [0.29, 0.717) is 18.1 Å². The maximum Gasteiger partial charge on any atom is 0.0622 e. The predicted octanol–water partition coefficient (Wildman–Crippen LogP) is 0.848. The largest absolute Gasteiger partial charge is 0.380 e. The summed E-state index contributed by atoms with van der Waals surface area (Å²) in [5, 5.41) is 3.59. The van der Waals surface area contributed by atoms with Gasteiger partial charge in [-0.3, -0.25) is 4.90 Å². The van der Waals surface area contributed by atoms with Gasteiger partial charge in [-0.05, 0) is 19.8 Å². The summed E-state index contributed by atoms with van der Waals surface area (Å²) in [6, 6.07) is 2.04. The van der Waals surface area contributed by atoms with Crippen molar-refractivity contribution in [3.63, 3.8) is 0 Å². The molecule has 0 amide bonds. The fourth-order valence-electron chi connectivity index (χ4n) is 2.52. The summed E-state index contributed by atoms with van der Waals surface area (Å²) in [4.78, 5) is 2.64. The molecule has 0 bridgehead atoms. The lowest BCUT2D eigenvalue weighted by molar-refractivity contribution is 0.0770. The normalized spacial score (nSPS) is 40.3. The van der Waals surface area contributed by atoms with Crippen LogP contribution in [0.25, 0.3) is 0 Å². The van der Waals surface area contributed by atoms with Crippen molar-refractivity contribution in [3.8, 4) is 0 Å². The first-order valence-corrected chi connectivity index (χ1v) is 5.88. The zero-order chi connectivity index (χ0) is 9.97. The van der Waals surface area contributed by atoms with Gasteiger partial charge in [0.25, 0.3) is 0 Å². The molecule has 14 heavy (non-hydrogen) atoms. The number of nitrogens with one attached hydrogen (secondary N) is 1. The number of hydrogen-bond acceptors (Lipinski definition) is 3. The van der Waals surface area contributed by atoms with E-state index in [1.54, 1.807) is 0 Å². The van der Waals surface area contributed by atoms with E-state index in [4.69, 9.17) is 4.74 Å². The topological polar surface area (TPSA) is 24.5 Å². The van der Waals surface area contributed by atoms with Crippen molar-refractivity contribution in [1.29, 1.82) is 0 Å². The molecule has 2 aliphatic heterocycles. The molecule has 3 nitrogen and oxygen atoms in total. The van der Waals surface area contributed by atoms with Crippen molar-refractivity contribution in [3.05, 3.63) is 0 Å². The molecule has 2 rings (SSSR count). The first-order chi connectivity index (χ1) is 6.81. The van der Waals surface area contributed by atoms with E-state index in [1.165, 1.54) is 19.4 Å². The Balaban J connectivity index is 1.93. The molecule has 3 atom stereocenters. The second-order valence-corrected chi connectivity index (χ2v) is 4.58. The van der Waals surface area contributed by atoms with Crippen molar-refractivity contribution in [1.82, 2.24) is 10.2 Å².